The predicted octanol–water partition coefficient (Wildman–Crippen LogP) is 2.86. The van der Waals surface area contributed by atoms with Gasteiger partial charge in [-0.25, -0.2) is 4.79 Å². The van der Waals surface area contributed by atoms with Gasteiger partial charge in [-0.1, -0.05) is 0 Å². The van der Waals surface area contributed by atoms with Gasteiger partial charge in [-0.05, 0) is 42.8 Å². The van der Waals surface area contributed by atoms with Gasteiger partial charge in [-0.3, -0.25) is 4.79 Å². The monoisotopic (exact) mass is 273 g/mol. The number of rotatable bonds is 5. The van der Waals surface area contributed by atoms with Crippen LogP contribution in [0.5, 0.6) is 0 Å². The molecule has 2 aromatic rings. The SMILES string of the molecule is Cc1cc(NC(=O)CCc2ccco2)ccc1C(=O)O. The standard InChI is InChI=1S/C15H15NO4/c1-10-9-11(4-6-13(10)15(18)19)16-14(17)7-5-12-3-2-8-20-12/h2-4,6,8-9H,5,7H2,1H3,(H,16,17)(H,18,19). The van der Waals surface area contributed by atoms with Crippen molar-refractivity contribution in [3.63, 3.8) is 0 Å². The highest BCUT2D eigenvalue weighted by Crippen LogP contribution is 2.15. The topological polar surface area (TPSA) is 79.5 Å². The van der Waals surface area contributed by atoms with Crippen molar-refractivity contribution in [3.05, 3.63) is 53.5 Å². The van der Waals surface area contributed by atoms with Crippen LogP contribution in [-0.4, -0.2) is 17.0 Å². The molecule has 0 radical (unpaired) electrons. The van der Waals surface area contributed by atoms with Crippen LogP contribution in [0.1, 0.15) is 28.1 Å². The lowest BCUT2D eigenvalue weighted by Gasteiger charge is -2.07. The average molecular weight is 273 g/mol. The molecule has 0 bridgehead atoms. The lowest BCUT2D eigenvalue weighted by Crippen LogP contribution is -2.12. The van der Waals surface area contributed by atoms with Crippen LogP contribution in [0.25, 0.3) is 0 Å². The first-order chi connectivity index (χ1) is 9.56. The fourth-order valence-electron chi connectivity index (χ4n) is 1.90. The maximum absolute atomic E-state index is 11.8. The Morgan fingerprint density at radius 3 is 2.70 bits per heavy atom. The maximum atomic E-state index is 11.8. The number of nitrogens with one attached hydrogen (secondary N) is 1. The fraction of sp³-hybridized carbons (Fsp3) is 0.200. The molecule has 104 valence electrons. The molecular weight excluding hydrogens is 258 g/mol. The molecule has 5 heteroatoms. The summed E-state index contributed by atoms with van der Waals surface area (Å²) >= 11 is 0. The van der Waals surface area contributed by atoms with E-state index in [9.17, 15) is 9.59 Å². The summed E-state index contributed by atoms with van der Waals surface area (Å²) in [4.78, 5) is 22.7. The molecule has 0 saturated heterocycles. The zero-order valence-corrected chi connectivity index (χ0v) is 11.1. The maximum Gasteiger partial charge on any atom is 0.335 e. The molecule has 1 aromatic heterocycles. The molecule has 0 saturated carbocycles. The number of carboxylic acid groups (broad SMARTS) is 1. The normalized spacial score (nSPS) is 10.2. The van der Waals surface area contributed by atoms with E-state index in [4.69, 9.17) is 9.52 Å². The van der Waals surface area contributed by atoms with Crippen LogP contribution in [0.4, 0.5) is 5.69 Å². The largest absolute Gasteiger partial charge is 0.478 e. The van der Waals surface area contributed by atoms with E-state index in [2.05, 4.69) is 5.32 Å². The lowest BCUT2D eigenvalue weighted by atomic mass is 10.1. The quantitative estimate of drug-likeness (QED) is 0.877. The van der Waals surface area contributed by atoms with Crippen molar-refractivity contribution in [2.75, 3.05) is 5.32 Å². The number of aromatic carboxylic acids is 1. The number of carboxylic acids is 1. The third kappa shape index (κ3) is 3.47. The van der Waals surface area contributed by atoms with Gasteiger partial charge in [0.15, 0.2) is 0 Å². The summed E-state index contributed by atoms with van der Waals surface area (Å²) < 4.78 is 5.15. The van der Waals surface area contributed by atoms with Crippen molar-refractivity contribution in [2.24, 2.45) is 0 Å². The second kappa shape index (κ2) is 6.06. The Balaban J connectivity index is 1.94. The van der Waals surface area contributed by atoms with Crippen molar-refractivity contribution in [1.29, 1.82) is 0 Å². The fourth-order valence-corrected chi connectivity index (χ4v) is 1.90. The molecule has 0 aliphatic heterocycles. The molecule has 2 N–H and O–H groups in total. The van der Waals surface area contributed by atoms with Crippen molar-refractivity contribution < 1.29 is 19.1 Å². The van der Waals surface area contributed by atoms with E-state index >= 15 is 0 Å². The molecule has 1 amide bonds. The van der Waals surface area contributed by atoms with Crippen LogP contribution in [0.2, 0.25) is 0 Å². The molecule has 20 heavy (non-hydrogen) atoms. The van der Waals surface area contributed by atoms with E-state index in [1.165, 1.54) is 6.07 Å². The van der Waals surface area contributed by atoms with Gasteiger partial charge in [0.25, 0.3) is 0 Å². The van der Waals surface area contributed by atoms with Crippen molar-refractivity contribution in [1.82, 2.24) is 0 Å². The van der Waals surface area contributed by atoms with E-state index < -0.39 is 5.97 Å². The molecule has 0 fully saturated rings. The van der Waals surface area contributed by atoms with Crippen LogP contribution >= 0.6 is 0 Å². The van der Waals surface area contributed by atoms with E-state index in [0.29, 0.717) is 24.1 Å². The van der Waals surface area contributed by atoms with Crippen molar-refractivity contribution >= 4 is 17.6 Å². The number of benzene rings is 1. The zero-order valence-electron chi connectivity index (χ0n) is 11.1. The molecule has 2 rings (SSSR count). The number of hydrogen-bond donors (Lipinski definition) is 2. The summed E-state index contributed by atoms with van der Waals surface area (Å²) in [7, 11) is 0. The Morgan fingerprint density at radius 1 is 1.30 bits per heavy atom. The number of aryl methyl sites for hydroxylation is 2. The predicted molar refractivity (Wildman–Crippen MR) is 73.8 cm³/mol. The summed E-state index contributed by atoms with van der Waals surface area (Å²) in [5.41, 5.74) is 1.44. The molecule has 0 unspecified atom stereocenters. The molecule has 0 aliphatic carbocycles. The lowest BCUT2D eigenvalue weighted by molar-refractivity contribution is -0.116. The number of carbonyl (C=O) groups is 2. The molecule has 5 nitrogen and oxygen atoms in total. The number of carbonyl (C=O) groups excluding carboxylic acids is 1. The molecule has 0 atom stereocenters. The van der Waals surface area contributed by atoms with Crippen molar-refractivity contribution in [3.8, 4) is 0 Å². The summed E-state index contributed by atoms with van der Waals surface area (Å²) in [6, 6.07) is 8.32. The summed E-state index contributed by atoms with van der Waals surface area (Å²) in [5.74, 6) is -0.348. The Bertz CT molecular complexity index is 617. The molecule has 1 heterocycles. The first-order valence-corrected chi connectivity index (χ1v) is 6.22. The molecular formula is C15H15NO4. The Hall–Kier alpha value is -2.56. The van der Waals surface area contributed by atoms with Crippen LogP contribution in [0.15, 0.2) is 41.0 Å². The number of anilines is 1. The van der Waals surface area contributed by atoms with E-state index in [0.717, 1.165) is 5.76 Å². The van der Waals surface area contributed by atoms with E-state index in [-0.39, 0.29) is 11.5 Å². The summed E-state index contributed by atoms with van der Waals surface area (Å²) in [6.07, 6.45) is 2.42. The van der Waals surface area contributed by atoms with Crippen LogP contribution in [0.3, 0.4) is 0 Å². The first kappa shape index (κ1) is 13.9. The minimum absolute atomic E-state index is 0.135. The Morgan fingerprint density at radius 2 is 2.10 bits per heavy atom. The van der Waals surface area contributed by atoms with Gasteiger partial charge in [0.05, 0.1) is 11.8 Å². The van der Waals surface area contributed by atoms with Gasteiger partial charge in [0.1, 0.15) is 5.76 Å². The highest BCUT2D eigenvalue weighted by Gasteiger charge is 2.09. The van der Waals surface area contributed by atoms with Gasteiger partial charge in [-0.15, -0.1) is 0 Å². The van der Waals surface area contributed by atoms with Gasteiger partial charge < -0.3 is 14.8 Å². The van der Waals surface area contributed by atoms with Crippen LogP contribution in [-0.2, 0) is 11.2 Å². The van der Waals surface area contributed by atoms with Gasteiger partial charge in [0, 0.05) is 18.5 Å². The minimum atomic E-state index is -0.974. The number of furan rings is 1. The molecule has 1 aromatic carbocycles. The number of hydrogen-bond acceptors (Lipinski definition) is 3. The molecule has 0 spiro atoms. The van der Waals surface area contributed by atoms with Crippen LogP contribution < -0.4 is 5.32 Å². The highest BCUT2D eigenvalue weighted by atomic mass is 16.4. The average Bonchev–Trinajstić information content (AvgIpc) is 2.89. The van der Waals surface area contributed by atoms with Crippen LogP contribution in [0, 0.1) is 6.92 Å². The van der Waals surface area contributed by atoms with Gasteiger partial charge >= 0.3 is 5.97 Å². The van der Waals surface area contributed by atoms with Crippen molar-refractivity contribution in [2.45, 2.75) is 19.8 Å². The second-order valence-corrected chi connectivity index (χ2v) is 4.46. The number of amides is 1. The first-order valence-electron chi connectivity index (χ1n) is 6.22. The third-order valence-electron chi connectivity index (χ3n) is 2.92. The smallest absolute Gasteiger partial charge is 0.335 e. The summed E-state index contributed by atoms with van der Waals surface area (Å²) in [5, 5.41) is 11.7. The Labute approximate surface area is 116 Å². The zero-order chi connectivity index (χ0) is 14.5. The molecule has 0 aliphatic rings. The Kier molecular flexibility index (Phi) is 4.20. The van der Waals surface area contributed by atoms with E-state index in [1.54, 1.807) is 31.4 Å². The van der Waals surface area contributed by atoms with Gasteiger partial charge in [0.2, 0.25) is 5.91 Å². The summed E-state index contributed by atoms with van der Waals surface area (Å²) in [6.45, 7) is 1.70. The minimum Gasteiger partial charge on any atom is -0.478 e. The van der Waals surface area contributed by atoms with E-state index in [1.807, 2.05) is 6.07 Å². The second-order valence-electron chi connectivity index (χ2n) is 4.46. The highest BCUT2D eigenvalue weighted by molar-refractivity contribution is 5.93. The van der Waals surface area contributed by atoms with Gasteiger partial charge in [-0.2, -0.15) is 0 Å². The third-order valence-corrected chi connectivity index (χ3v) is 2.92.